The van der Waals surface area contributed by atoms with E-state index >= 15 is 0 Å². The molecule has 0 bridgehead atoms. The van der Waals surface area contributed by atoms with Crippen molar-refractivity contribution < 1.29 is 14.6 Å². The van der Waals surface area contributed by atoms with Crippen LogP contribution in [-0.4, -0.2) is 48.4 Å². The molecule has 0 saturated heterocycles. The number of halogens is 2. The number of alkyl halides is 2. The lowest BCUT2D eigenvalue weighted by Gasteiger charge is -2.14. The topological polar surface area (TPSA) is 38.7 Å². The van der Waals surface area contributed by atoms with Gasteiger partial charge >= 0.3 is 0 Å². The van der Waals surface area contributed by atoms with Crippen molar-refractivity contribution >= 4 is 23.2 Å². The first-order chi connectivity index (χ1) is 7.60. The molecule has 0 aromatic rings. The lowest BCUT2D eigenvalue weighted by Crippen LogP contribution is -2.25. The molecule has 0 aliphatic heterocycles. The molecular formula is C11H22Cl2O3. The summed E-state index contributed by atoms with van der Waals surface area (Å²) in [6.45, 7) is 5.41. The molecule has 98 valence electrons. The number of aliphatic hydroxyl groups is 1. The van der Waals surface area contributed by atoms with Crippen molar-refractivity contribution in [2.45, 2.75) is 43.5 Å². The van der Waals surface area contributed by atoms with Crippen LogP contribution in [-0.2, 0) is 9.47 Å². The van der Waals surface area contributed by atoms with E-state index in [1.807, 2.05) is 13.8 Å². The molecule has 0 spiro atoms. The van der Waals surface area contributed by atoms with E-state index in [0.717, 1.165) is 12.8 Å². The van der Waals surface area contributed by atoms with Gasteiger partial charge < -0.3 is 14.6 Å². The number of aliphatic hydroxyl groups excluding tert-OH is 1. The molecule has 0 aromatic carbocycles. The molecule has 0 fully saturated rings. The SMILES string of the molecule is CCC(Cl)COCC(O)COCC(Cl)CC. The molecular weight excluding hydrogens is 251 g/mol. The summed E-state index contributed by atoms with van der Waals surface area (Å²) in [6, 6.07) is 0. The lowest BCUT2D eigenvalue weighted by atomic mass is 10.3. The third-order valence-electron chi connectivity index (χ3n) is 2.10. The highest BCUT2D eigenvalue weighted by atomic mass is 35.5. The Kier molecular flexibility index (Phi) is 10.9. The maximum atomic E-state index is 9.48. The zero-order valence-corrected chi connectivity index (χ0v) is 11.5. The Bertz CT molecular complexity index is 142. The lowest BCUT2D eigenvalue weighted by molar-refractivity contribution is -0.0187. The second-order valence-corrected chi connectivity index (χ2v) is 4.97. The molecule has 0 aromatic heterocycles. The van der Waals surface area contributed by atoms with Crippen molar-refractivity contribution in [3.63, 3.8) is 0 Å². The first-order valence-electron chi connectivity index (χ1n) is 5.71. The highest BCUT2D eigenvalue weighted by molar-refractivity contribution is 6.20. The summed E-state index contributed by atoms with van der Waals surface area (Å²) in [4.78, 5) is 0. The normalized spacial score (nSPS) is 17.1. The summed E-state index contributed by atoms with van der Waals surface area (Å²) in [6.07, 6.45) is 1.11. The third kappa shape index (κ3) is 9.67. The summed E-state index contributed by atoms with van der Waals surface area (Å²) in [5.74, 6) is 0. The van der Waals surface area contributed by atoms with Crippen LogP contribution in [0.3, 0.4) is 0 Å². The maximum Gasteiger partial charge on any atom is 0.101 e. The zero-order chi connectivity index (χ0) is 12.4. The van der Waals surface area contributed by atoms with Crippen molar-refractivity contribution in [1.82, 2.24) is 0 Å². The molecule has 0 saturated carbocycles. The Morgan fingerprint density at radius 1 is 0.875 bits per heavy atom. The van der Waals surface area contributed by atoms with Gasteiger partial charge in [0.25, 0.3) is 0 Å². The van der Waals surface area contributed by atoms with Crippen LogP contribution in [0.25, 0.3) is 0 Å². The number of hydrogen-bond acceptors (Lipinski definition) is 3. The van der Waals surface area contributed by atoms with Crippen molar-refractivity contribution in [2.24, 2.45) is 0 Å². The van der Waals surface area contributed by atoms with Gasteiger partial charge in [-0.1, -0.05) is 13.8 Å². The number of ether oxygens (including phenoxy) is 2. The molecule has 16 heavy (non-hydrogen) atoms. The number of rotatable bonds is 10. The molecule has 2 atom stereocenters. The van der Waals surface area contributed by atoms with Gasteiger partial charge in [-0.25, -0.2) is 0 Å². The van der Waals surface area contributed by atoms with E-state index in [0.29, 0.717) is 13.2 Å². The minimum absolute atomic E-state index is 0.0143. The average molecular weight is 273 g/mol. The molecule has 5 heteroatoms. The minimum Gasteiger partial charge on any atom is -0.388 e. The van der Waals surface area contributed by atoms with Crippen molar-refractivity contribution in [3.05, 3.63) is 0 Å². The molecule has 0 rings (SSSR count). The summed E-state index contributed by atoms with van der Waals surface area (Å²) >= 11 is 11.7. The molecule has 3 nitrogen and oxygen atoms in total. The van der Waals surface area contributed by atoms with Gasteiger partial charge in [-0.3, -0.25) is 0 Å². The molecule has 0 heterocycles. The quantitative estimate of drug-likeness (QED) is 0.621. The fourth-order valence-electron chi connectivity index (χ4n) is 0.948. The fraction of sp³-hybridized carbons (Fsp3) is 1.00. The second-order valence-electron chi connectivity index (χ2n) is 3.74. The molecule has 0 aliphatic carbocycles. The van der Waals surface area contributed by atoms with Gasteiger partial charge in [0.1, 0.15) is 6.10 Å². The van der Waals surface area contributed by atoms with E-state index in [9.17, 15) is 5.11 Å². The van der Waals surface area contributed by atoms with Crippen LogP contribution in [0.15, 0.2) is 0 Å². The molecule has 0 aliphatic rings. The van der Waals surface area contributed by atoms with Crippen LogP contribution in [0.4, 0.5) is 0 Å². The molecule has 0 radical (unpaired) electrons. The fourth-order valence-corrected chi connectivity index (χ4v) is 1.13. The Hall–Kier alpha value is 0.460. The summed E-state index contributed by atoms with van der Waals surface area (Å²) in [5.41, 5.74) is 0. The molecule has 1 N–H and O–H groups in total. The van der Waals surface area contributed by atoms with E-state index in [-0.39, 0.29) is 24.0 Å². The van der Waals surface area contributed by atoms with Crippen molar-refractivity contribution in [2.75, 3.05) is 26.4 Å². The molecule has 2 unspecified atom stereocenters. The van der Waals surface area contributed by atoms with E-state index in [2.05, 4.69) is 0 Å². The monoisotopic (exact) mass is 272 g/mol. The van der Waals surface area contributed by atoms with Crippen LogP contribution in [0.1, 0.15) is 26.7 Å². The molecule has 0 amide bonds. The predicted octanol–water partition coefficient (Wildman–Crippen LogP) is 2.42. The Morgan fingerprint density at radius 3 is 1.56 bits per heavy atom. The first kappa shape index (κ1) is 16.5. The maximum absolute atomic E-state index is 9.48. The van der Waals surface area contributed by atoms with Gasteiger partial charge in [-0.2, -0.15) is 0 Å². The van der Waals surface area contributed by atoms with E-state index in [1.54, 1.807) is 0 Å². The van der Waals surface area contributed by atoms with E-state index in [1.165, 1.54) is 0 Å². The van der Waals surface area contributed by atoms with Gasteiger partial charge in [0, 0.05) is 0 Å². The Morgan fingerprint density at radius 2 is 1.25 bits per heavy atom. The van der Waals surface area contributed by atoms with Gasteiger partial charge in [0.05, 0.1) is 37.2 Å². The predicted molar refractivity (Wildman–Crippen MR) is 67.5 cm³/mol. The summed E-state index contributed by atoms with van der Waals surface area (Å²) in [7, 11) is 0. The van der Waals surface area contributed by atoms with Crippen LogP contribution in [0.2, 0.25) is 0 Å². The zero-order valence-electron chi connectivity index (χ0n) is 9.99. The van der Waals surface area contributed by atoms with Crippen molar-refractivity contribution in [1.29, 1.82) is 0 Å². The standard InChI is InChI=1S/C11H22Cl2O3/c1-3-9(12)5-15-7-11(14)8-16-6-10(13)4-2/h9-11,14H,3-8H2,1-2H3. The second kappa shape index (κ2) is 10.6. The van der Waals surface area contributed by atoms with Crippen molar-refractivity contribution in [3.8, 4) is 0 Å². The smallest absolute Gasteiger partial charge is 0.101 e. The highest BCUT2D eigenvalue weighted by Crippen LogP contribution is 2.03. The summed E-state index contributed by atoms with van der Waals surface area (Å²) in [5, 5.41) is 9.51. The van der Waals surface area contributed by atoms with Gasteiger partial charge in [-0.05, 0) is 12.8 Å². The van der Waals surface area contributed by atoms with E-state index < -0.39 is 6.10 Å². The van der Waals surface area contributed by atoms with Gasteiger partial charge in [-0.15, -0.1) is 23.2 Å². The number of hydrogen-bond donors (Lipinski definition) is 1. The van der Waals surface area contributed by atoms with Crippen LogP contribution in [0, 0.1) is 0 Å². The van der Waals surface area contributed by atoms with Gasteiger partial charge in [0.15, 0.2) is 0 Å². The van der Waals surface area contributed by atoms with E-state index in [4.69, 9.17) is 32.7 Å². The third-order valence-corrected chi connectivity index (χ3v) is 2.97. The van der Waals surface area contributed by atoms with Gasteiger partial charge in [0.2, 0.25) is 0 Å². The first-order valence-corrected chi connectivity index (χ1v) is 6.59. The van der Waals surface area contributed by atoms with Crippen LogP contribution >= 0.6 is 23.2 Å². The Labute approximate surface area is 108 Å². The van der Waals surface area contributed by atoms with Crippen LogP contribution < -0.4 is 0 Å². The highest BCUT2D eigenvalue weighted by Gasteiger charge is 2.08. The minimum atomic E-state index is -0.610. The summed E-state index contributed by atoms with van der Waals surface area (Å²) < 4.78 is 10.5. The Balaban J connectivity index is 3.34. The van der Waals surface area contributed by atoms with Crippen LogP contribution in [0.5, 0.6) is 0 Å². The largest absolute Gasteiger partial charge is 0.388 e. The average Bonchev–Trinajstić information content (AvgIpc) is 2.28.